The number of aliphatic hydroxyl groups is 1. The molecule has 1 fully saturated rings. The molecule has 0 saturated carbocycles. The lowest BCUT2D eigenvalue weighted by molar-refractivity contribution is -0.131. The first-order chi connectivity index (χ1) is 10.5. The number of aryl methyl sites for hydroxylation is 1. The Labute approximate surface area is 127 Å². The van der Waals surface area contributed by atoms with Gasteiger partial charge in [0.1, 0.15) is 5.82 Å². The van der Waals surface area contributed by atoms with E-state index in [-0.39, 0.29) is 24.2 Å². The molecule has 1 saturated heterocycles. The first kappa shape index (κ1) is 14.7. The number of aromatic amines is 1. The fourth-order valence-corrected chi connectivity index (χ4v) is 2.91. The molecule has 1 aromatic carbocycles. The van der Waals surface area contributed by atoms with Gasteiger partial charge in [0.25, 0.3) is 0 Å². The quantitative estimate of drug-likeness (QED) is 0.907. The second kappa shape index (κ2) is 5.88. The summed E-state index contributed by atoms with van der Waals surface area (Å²) >= 11 is 0. The Balaban J connectivity index is 1.78. The number of hydrogen-bond donors (Lipinski definition) is 2. The topological polar surface area (TPSA) is 69.2 Å². The van der Waals surface area contributed by atoms with Crippen molar-refractivity contribution >= 4 is 5.91 Å². The fraction of sp³-hybridized carbons (Fsp3) is 0.375. The summed E-state index contributed by atoms with van der Waals surface area (Å²) in [6, 6.07) is 7.69. The highest BCUT2D eigenvalue weighted by Crippen LogP contribution is 2.32. The highest BCUT2D eigenvalue weighted by Gasteiger charge is 2.35. The van der Waals surface area contributed by atoms with E-state index < -0.39 is 6.10 Å². The summed E-state index contributed by atoms with van der Waals surface area (Å²) in [4.78, 5) is 14.2. The van der Waals surface area contributed by atoms with Crippen LogP contribution in [0, 0.1) is 12.7 Å². The van der Waals surface area contributed by atoms with Gasteiger partial charge < -0.3 is 10.0 Å². The van der Waals surface area contributed by atoms with Crippen molar-refractivity contribution in [3.05, 3.63) is 53.1 Å². The van der Waals surface area contributed by atoms with E-state index in [1.165, 1.54) is 12.1 Å². The number of β-amino-alcohol motifs (C(OH)–C–C–N with tert-alkyl or cyclic N) is 1. The summed E-state index contributed by atoms with van der Waals surface area (Å²) < 4.78 is 13.1. The molecular formula is C16H18FN3O2. The highest BCUT2D eigenvalue weighted by atomic mass is 19.1. The summed E-state index contributed by atoms with van der Waals surface area (Å²) in [5, 5.41) is 16.8. The Kier molecular flexibility index (Phi) is 3.94. The van der Waals surface area contributed by atoms with Crippen molar-refractivity contribution in [3.63, 3.8) is 0 Å². The van der Waals surface area contributed by atoms with Crippen LogP contribution >= 0.6 is 0 Å². The Morgan fingerprint density at radius 1 is 1.45 bits per heavy atom. The molecule has 1 aromatic heterocycles. The molecule has 6 heteroatoms. The van der Waals surface area contributed by atoms with Gasteiger partial charge in [-0.3, -0.25) is 9.89 Å². The molecule has 2 heterocycles. The Morgan fingerprint density at radius 2 is 2.18 bits per heavy atom. The van der Waals surface area contributed by atoms with E-state index in [9.17, 15) is 14.3 Å². The number of carbonyl (C=O) groups excluding carboxylic acids is 1. The molecule has 1 amide bonds. The number of rotatable bonds is 3. The van der Waals surface area contributed by atoms with E-state index in [0.29, 0.717) is 18.7 Å². The van der Waals surface area contributed by atoms with E-state index in [1.54, 1.807) is 17.0 Å². The maximum Gasteiger partial charge on any atom is 0.229 e. The molecule has 1 aliphatic rings. The average Bonchev–Trinajstić information content (AvgIpc) is 3.06. The van der Waals surface area contributed by atoms with Crippen LogP contribution in [0.1, 0.15) is 29.4 Å². The van der Waals surface area contributed by atoms with Gasteiger partial charge >= 0.3 is 0 Å². The Bertz CT molecular complexity index is 668. The van der Waals surface area contributed by atoms with Crippen molar-refractivity contribution in [1.82, 2.24) is 15.1 Å². The van der Waals surface area contributed by atoms with Crippen LogP contribution in [0.15, 0.2) is 30.3 Å². The smallest absolute Gasteiger partial charge is 0.229 e. The number of aromatic nitrogens is 2. The zero-order valence-corrected chi connectivity index (χ0v) is 12.3. The van der Waals surface area contributed by atoms with Gasteiger partial charge in [-0.05, 0) is 37.1 Å². The number of carbonyl (C=O) groups is 1. The predicted octanol–water partition coefficient (Wildman–Crippen LogP) is 1.73. The van der Waals surface area contributed by atoms with Crippen LogP contribution in [0.3, 0.4) is 0 Å². The number of halogens is 1. The number of nitrogens with zero attached hydrogens (tertiary/aromatic N) is 2. The van der Waals surface area contributed by atoms with E-state index in [1.807, 2.05) is 13.0 Å². The van der Waals surface area contributed by atoms with Gasteiger partial charge in [0.15, 0.2) is 0 Å². The normalized spacial score (nSPS) is 21.3. The van der Waals surface area contributed by atoms with E-state index >= 15 is 0 Å². The maximum absolute atomic E-state index is 13.1. The molecule has 0 spiro atoms. The monoisotopic (exact) mass is 303 g/mol. The Hall–Kier alpha value is -2.21. The molecule has 0 radical (unpaired) electrons. The largest absolute Gasteiger partial charge is 0.391 e. The van der Waals surface area contributed by atoms with E-state index in [2.05, 4.69) is 10.2 Å². The minimum Gasteiger partial charge on any atom is -0.391 e. The number of H-pyrrole nitrogens is 1. The molecule has 22 heavy (non-hydrogen) atoms. The molecule has 2 aromatic rings. The molecule has 2 N–H and O–H groups in total. The van der Waals surface area contributed by atoms with Crippen molar-refractivity contribution in [1.29, 1.82) is 0 Å². The highest BCUT2D eigenvalue weighted by molar-refractivity contribution is 5.79. The molecule has 116 valence electrons. The first-order valence-corrected chi connectivity index (χ1v) is 7.27. The van der Waals surface area contributed by atoms with Crippen LogP contribution in [0.25, 0.3) is 0 Å². The van der Waals surface area contributed by atoms with Gasteiger partial charge in [0, 0.05) is 12.2 Å². The number of amides is 1. The minimum absolute atomic E-state index is 0.0858. The molecular weight excluding hydrogens is 285 g/mol. The lowest BCUT2D eigenvalue weighted by Crippen LogP contribution is -2.33. The fourth-order valence-electron chi connectivity index (χ4n) is 2.91. The standard InChI is InChI=1S/C16H18FN3O2/c1-10-6-13(19-18-10)7-16(22)20-9-14(21)8-15(20)11-2-4-12(17)5-3-11/h2-6,14-15,21H,7-9H2,1H3,(H,18,19). The van der Waals surface area contributed by atoms with Crippen LogP contribution in [0.2, 0.25) is 0 Å². The van der Waals surface area contributed by atoms with Gasteiger partial charge in [0.2, 0.25) is 5.91 Å². The number of nitrogens with one attached hydrogen (secondary N) is 1. The van der Waals surface area contributed by atoms with Gasteiger partial charge in [-0.1, -0.05) is 12.1 Å². The van der Waals surface area contributed by atoms with Gasteiger partial charge in [0.05, 0.1) is 24.3 Å². The summed E-state index contributed by atoms with van der Waals surface area (Å²) in [6.45, 7) is 2.17. The molecule has 2 atom stereocenters. The van der Waals surface area contributed by atoms with Gasteiger partial charge in [-0.15, -0.1) is 0 Å². The molecule has 1 aliphatic heterocycles. The van der Waals surface area contributed by atoms with E-state index in [4.69, 9.17) is 0 Å². The van der Waals surface area contributed by atoms with Crippen molar-refractivity contribution < 1.29 is 14.3 Å². The number of aliphatic hydroxyl groups excluding tert-OH is 1. The van der Waals surface area contributed by atoms with Crippen LogP contribution in [0.5, 0.6) is 0 Å². The second-order valence-corrected chi connectivity index (χ2v) is 5.72. The summed E-state index contributed by atoms with van der Waals surface area (Å²) in [6.07, 6.45) is 0.103. The van der Waals surface area contributed by atoms with Crippen LogP contribution < -0.4 is 0 Å². The first-order valence-electron chi connectivity index (χ1n) is 7.27. The predicted molar refractivity (Wildman–Crippen MR) is 78.5 cm³/mol. The lowest BCUT2D eigenvalue weighted by Gasteiger charge is -2.24. The summed E-state index contributed by atoms with van der Waals surface area (Å²) in [7, 11) is 0. The minimum atomic E-state index is -0.556. The van der Waals surface area contributed by atoms with E-state index in [0.717, 1.165) is 11.3 Å². The van der Waals surface area contributed by atoms with Crippen molar-refractivity contribution in [2.24, 2.45) is 0 Å². The zero-order valence-electron chi connectivity index (χ0n) is 12.3. The van der Waals surface area contributed by atoms with Crippen LogP contribution in [-0.4, -0.2) is 38.8 Å². The van der Waals surface area contributed by atoms with Crippen molar-refractivity contribution in [2.45, 2.75) is 31.9 Å². The average molecular weight is 303 g/mol. The molecule has 5 nitrogen and oxygen atoms in total. The van der Waals surface area contributed by atoms with Gasteiger partial charge in [-0.2, -0.15) is 5.10 Å². The second-order valence-electron chi connectivity index (χ2n) is 5.72. The van der Waals surface area contributed by atoms with Crippen molar-refractivity contribution in [3.8, 4) is 0 Å². The third-order valence-corrected chi connectivity index (χ3v) is 3.95. The number of benzene rings is 1. The Morgan fingerprint density at radius 3 is 2.82 bits per heavy atom. The third kappa shape index (κ3) is 3.01. The number of likely N-dealkylation sites (tertiary alicyclic amines) is 1. The third-order valence-electron chi connectivity index (χ3n) is 3.95. The summed E-state index contributed by atoms with van der Waals surface area (Å²) in [5.41, 5.74) is 2.42. The van der Waals surface area contributed by atoms with Crippen LogP contribution in [-0.2, 0) is 11.2 Å². The molecule has 0 aliphatic carbocycles. The lowest BCUT2D eigenvalue weighted by atomic mass is 10.0. The number of hydrogen-bond acceptors (Lipinski definition) is 3. The zero-order chi connectivity index (χ0) is 15.7. The molecule has 2 unspecified atom stereocenters. The van der Waals surface area contributed by atoms with Crippen LogP contribution in [0.4, 0.5) is 4.39 Å². The maximum atomic E-state index is 13.1. The summed E-state index contributed by atoms with van der Waals surface area (Å²) in [5.74, 6) is -0.399. The van der Waals surface area contributed by atoms with Crippen molar-refractivity contribution in [2.75, 3.05) is 6.54 Å². The van der Waals surface area contributed by atoms with Gasteiger partial charge in [-0.25, -0.2) is 4.39 Å². The molecule has 0 bridgehead atoms. The molecule has 3 rings (SSSR count). The SMILES string of the molecule is Cc1cc(CC(=O)N2CC(O)CC2c2ccc(F)cc2)n[nH]1.